The Labute approximate surface area is 324 Å². The zero-order chi connectivity index (χ0) is 39.9. The number of hydrogen-bond donors (Lipinski definition) is 3. The van der Waals surface area contributed by atoms with E-state index in [1.807, 2.05) is 19.9 Å². The number of amides is 4. The van der Waals surface area contributed by atoms with E-state index in [0.717, 1.165) is 12.5 Å². The molecular weight excluding hydrogens is 751 g/mol. The Balaban J connectivity index is 1.26. The molecule has 2 aromatic rings. The van der Waals surface area contributed by atoms with Crippen molar-refractivity contribution in [1.82, 2.24) is 30.2 Å². The van der Waals surface area contributed by atoms with Gasteiger partial charge in [-0.2, -0.15) is 8.78 Å². The summed E-state index contributed by atoms with van der Waals surface area (Å²) < 4.78 is 71.7. The molecule has 0 spiro atoms. The molecule has 1 aromatic carbocycles. The number of fused-ring (bicyclic) bond motifs is 5. The van der Waals surface area contributed by atoms with Gasteiger partial charge in [-0.25, -0.2) is 23.2 Å². The lowest BCUT2D eigenvalue weighted by molar-refractivity contribution is -0.141. The third kappa shape index (κ3) is 8.66. The fourth-order valence-corrected chi connectivity index (χ4v) is 8.95. The molecule has 4 amide bonds. The number of alkyl halides is 2. The highest BCUT2D eigenvalue weighted by atomic mass is 32.2. The molecule has 0 unspecified atom stereocenters. The molecule has 302 valence electrons. The minimum Gasteiger partial charge on any atom is -0.471 e. The fraction of sp³-hybridized carbons (Fsp3) is 0.590. The second-order valence-electron chi connectivity index (χ2n) is 16.4. The van der Waals surface area contributed by atoms with E-state index in [-0.39, 0.29) is 44.4 Å². The first-order valence-electron chi connectivity index (χ1n) is 19.3. The van der Waals surface area contributed by atoms with Crippen molar-refractivity contribution in [2.75, 3.05) is 13.2 Å². The third-order valence-electron chi connectivity index (χ3n) is 11.2. The predicted octanol–water partition coefficient (Wildman–Crippen LogP) is 4.54. The van der Waals surface area contributed by atoms with E-state index in [0.29, 0.717) is 44.0 Å². The number of carbonyl (C=O) groups is 4. The van der Waals surface area contributed by atoms with Crippen molar-refractivity contribution in [1.29, 1.82) is 0 Å². The van der Waals surface area contributed by atoms with Gasteiger partial charge in [-0.3, -0.25) is 19.1 Å². The number of carbonyl (C=O) groups excluding carboxylic acids is 4. The van der Waals surface area contributed by atoms with Gasteiger partial charge in [0.1, 0.15) is 23.7 Å². The summed E-state index contributed by atoms with van der Waals surface area (Å²) in [6.45, 7) is 3.36. The predicted molar refractivity (Wildman–Crippen MR) is 200 cm³/mol. The van der Waals surface area contributed by atoms with Crippen LogP contribution in [0.1, 0.15) is 90.2 Å². The Morgan fingerprint density at radius 3 is 2.50 bits per heavy atom. The first-order chi connectivity index (χ1) is 26.6. The molecule has 2 saturated carbocycles. The molecule has 56 heavy (non-hydrogen) atoms. The number of alkyl carbamates (subject to hydrolysis) is 1. The van der Waals surface area contributed by atoms with E-state index in [1.165, 1.54) is 11.0 Å². The summed E-state index contributed by atoms with van der Waals surface area (Å²) in [4.78, 5) is 65.8. The summed E-state index contributed by atoms with van der Waals surface area (Å²) in [5.74, 6) is -6.86. The number of nitrogens with zero attached hydrogens (tertiary/aromatic N) is 3. The topological polar surface area (TPSA) is 186 Å². The lowest BCUT2D eigenvalue weighted by Crippen LogP contribution is -2.58. The molecule has 3 fully saturated rings. The van der Waals surface area contributed by atoms with Crippen molar-refractivity contribution >= 4 is 44.9 Å². The Bertz CT molecular complexity index is 2060. The summed E-state index contributed by atoms with van der Waals surface area (Å²) in [7, 11) is -3.96. The van der Waals surface area contributed by atoms with Crippen molar-refractivity contribution in [3.63, 3.8) is 0 Å². The highest BCUT2D eigenvalue weighted by Gasteiger charge is 2.62. The van der Waals surface area contributed by atoms with Gasteiger partial charge in [-0.05, 0) is 75.0 Å². The number of allylic oxidation sites excluding steroid dienone is 3. The summed E-state index contributed by atoms with van der Waals surface area (Å²) >= 11 is 0. The number of ether oxygens (including phenoxy) is 2. The van der Waals surface area contributed by atoms with E-state index in [2.05, 4.69) is 25.3 Å². The molecule has 3 bridgehead atoms. The molecule has 3 aliphatic heterocycles. The minimum atomic E-state index is -3.96. The van der Waals surface area contributed by atoms with E-state index in [4.69, 9.17) is 9.47 Å². The van der Waals surface area contributed by atoms with Gasteiger partial charge < -0.3 is 25.0 Å². The number of rotatable bonds is 3. The number of benzene rings is 1. The highest BCUT2D eigenvalue weighted by Crippen LogP contribution is 2.46. The Hall–Kier alpha value is -4.67. The van der Waals surface area contributed by atoms with Gasteiger partial charge in [-0.1, -0.05) is 57.0 Å². The van der Waals surface area contributed by atoms with Gasteiger partial charge in [0.05, 0.1) is 29.4 Å². The van der Waals surface area contributed by atoms with Crippen LogP contribution in [0.25, 0.3) is 11.0 Å². The second kappa shape index (κ2) is 15.3. The van der Waals surface area contributed by atoms with Crippen LogP contribution in [0.15, 0.2) is 48.6 Å². The lowest BCUT2D eigenvalue weighted by atomic mass is 9.89. The van der Waals surface area contributed by atoms with Gasteiger partial charge in [0.2, 0.25) is 27.7 Å². The van der Waals surface area contributed by atoms with Crippen LogP contribution in [0, 0.1) is 11.3 Å². The van der Waals surface area contributed by atoms with Crippen LogP contribution in [0.3, 0.4) is 0 Å². The van der Waals surface area contributed by atoms with Crippen molar-refractivity contribution in [2.24, 2.45) is 11.3 Å². The molecule has 4 heterocycles. The van der Waals surface area contributed by atoms with Crippen molar-refractivity contribution in [3.05, 3.63) is 54.3 Å². The quantitative estimate of drug-likeness (QED) is 0.373. The second-order valence-corrected chi connectivity index (χ2v) is 18.3. The molecule has 0 radical (unpaired) electrons. The lowest BCUT2D eigenvalue weighted by Gasteiger charge is -2.30. The van der Waals surface area contributed by atoms with Crippen LogP contribution in [-0.4, -0.2) is 89.2 Å². The smallest absolute Gasteiger partial charge is 0.407 e. The standard InChI is InChI=1S/C39H48F2N6O8S/c1-37(2)18-10-11-19-39(40,41)31-33(43-28-14-9-8-13-27(28)42-31)55-25-20-30-32(48)45-38(35(50)46-56(52,53)26-16-17-26)21-24(38)12-6-4-3-5-7-15-29(34(49)47(30)22-25)44-36(51)54-23-37/h6,8-9,11-14,19,24-26,29-30H,3-5,7,10,15-18,20-23H2,1-2H3,(H,44,51)(H,45,48)(H,46,50)/b12-6-,19-11+/t24-,25-,29+,30+,38-/m1/s1. The number of hydrogen-bond acceptors (Lipinski definition) is 10. The molecule has 1 saturated heterocycles. The fourth-order valence-electron chi connectivity index (χ4n) is 7.59. The Morgan fingerprint density at radius 1 is 1.00 bits per heavy atom. The highest BCUT2D eigenvalue weighted by molar-refractivity contribution is 7.91. The molecule has 17 heteroatoms. The van der Waals surface area contributed by atoms with Gasteiger partial charge in [-0.15, -0.1) is 0 Å². The van der Waals surface area contributed by atoms with Crippen molar-refractivity contribution in [3.8, 4) is 5.88 Å². The molecule has 1 aromatic heterocycles. The summed E-state index contributed by atoms with van der Waals surface area (Å²) in [5.41, 5.74) is -2.43. The molecular formula is C39H48F2N6O8S. The van der Waals surface area contributed by atoms with E-state index >= 15 is 8.78 Å². The van der Waals surface area contributed by atoms with Crippen LogP contribution in [-0.2, 0) is 35.1 Å². The first kappa shape index (κ1) is 39.6. The first-order valence-corrected chi connectivity index (χ1v) is 20.9. The molecule has 3 N–H and O–H groups in total. The monoisotopic (exact) mass is 798 g/mol. The number of para-hydroxylation sites is 2. The summed E-state index contributed by atoms with van der Waals surface area (Å²) in [5, 5.41) is 4.82. The molecule has 7 rings (SSSR count). The number of sulfonamides is 1. The maximum absolute atomic E-state index is 16.1. The van der Waals surface area contributed by atoms with Gasteiger partial charge in [0, 0.05) is 12.3 Å². The molecule has 5 aliphatic rings. The van der Waals surface area contributed by atoms with Crippen LogP contribution in [0.5, 0.6) is 5.88 Å². The van der Waals surface area contributed by atoms with E-state index in [9.17, 15) is 27.6 Å². The molecule has 2 aliphatic carbocycles. The molecule has 5 atom stereocenters. The number of cyclic esters (lactones) is 1. The zero-order valence-electron chi connectivity index (χ0n) is 31.5. The van der Waals surface area contributed by atoms with E-state index < -0.39 is 91.6 Å². The summed E-state index contributed by atoms with van der Waals surface area (Å²) in [6.07, 6.45) is 8.18. The minimum absolute atomic E-state index is 0.0525. The number of aromatic nitrogens is 2. The maximum Gasteiger partial charge on any atom is 0.407 e. The van der Waals surface area contributed by atoms with Crippen molar-refractivity contribution in [2.45, 2.75) is 119 Å². The maximum atomic E-state index is 16.1. The normalized spacial score (nSPS) is 31.0. The van der Waals surface area contributed by atoms with Gasteiger partial charge >= 0.3 is 12.0 Å². The largest absolute Gasteiger partial charge is 0.471 e. The zero-order valence-corrected chi connectivity index (χ0v) is 32.3. The van der Waals surface area contributed by atoms with Crippen LogP contribution < -0.4 is 20.1 Å². The van der Waals surface area contributed by atoms with Crippen LogP contribution >= 0.6 is 0 Å². The van der Waals surface area contributed by atoms with Gasteiger partial charge in [0.25, 0.3) is 5.91 Å². The summed E-state index contributed by atoms with van der Waals surface area (Å²) in [6, 6.07) is 4.08. The van der Waals surface area contributed by atoms with Crippen LogP contribution in [0.4, 0.5) is 13.6 Å². The number of halogens is 2. The number of nitrogens with one attached hydrogen (secondary N) is 3. The van der Waals surface area contributed by atoms with Gasteiger partial charge in [0.15, 0.2) is 5.69 Å². The molecule has 14 nitrogen and oxygen atoms in total. The third-order valence-corrected chi connectivity index (χ3v) is 13.0. The van der Waals surface area contributed by atoms with Crippen LogP contribution in [0.2, 0.25) is 0 Å². The van der Waals surface area contributed by atoms with Crippen molar-refractivity contribution < 1.29 is 45.9 Å². The Morgan fingerprint density at radius 2 is 1.75 bits per heavy atom. The Kier molecular flexibility index (Phi) is 10.8. The SMILES string of the molecule is CC1(C)CC/C=C/C(F)(F)c2nc3ccccc3nc2O[C@@H]2C[C@H]3C(=O)N[C@]4(C(=O)NS(=O)(=O)C5CC5)C[C@H]4/C=C\CCCCC[C@H](NC(=O)OC1)C(=O)N3C2. The average molecular weight is 799 g/mol. The average Bonchev–Trinajstić information content (AvgIpc) is 4.07. The van der Waals surface area contributed by atoms with E-state index in [1.54, 1.807) is 30.3 Å².